The van der Waals surface area contributed by atoms with E-state index in [2.05, 4.69) is 26.2 Å². The van der Waals surface area contributed by atoms with Gasteiger partial charge in [0.2, 0.25) is 0 Å². The number of methoxy groups -OCH3 is 1. The number of halogens is 1. The van der Waals surface area contributed by atoms with Gasteiger partial charge in [-0.3, -0.25) is 0 Å². The SMILES string of the molecule is CNc1nc(-c2cc(Br)ccc2OC)co1. The molecule has 0 bridgehead atoms. The molecule has 4 nitrogen and oxygen atoms in total. The normalized spacial score (nSPS) is 10.2. The molecule has 0 saturated heterocycles. The predicted octanol–water partition coefficient (Wildman–Crippen LogP) is 3.15. The number of nitrogens with one attached hydrogen (secondary N) is 1. The van der Waals surface area contributed by atoms with Crippen LogP contribution in [0.2, 0.25) is 0 Å². The second-order valence-corrected chi connectivity index (χ2v) is 4.05. The van der Waals surface area contributed by atoms with Crippen LogP contribution in [0.15, 0.2) is 33.4 Å². The van der Waals surface area contributed by atoms with Crippen LogP contribution in [0.3, 0.4) is 0 Å². The summed E-state index contributed by atoms with van der Waals surface area (Å²) >= 11 is 3.42. The zero-order valence-electron chi connectivity index (χ0n) is 8.95. The zero-order valence-corrected chi connectivity index (χ0v) is 10.5. The maximum atomic E-state index is 5.27. The first-order chi connectivity index (χ1) is 7.74. The van der Waals surface area contributed by atoms with E-state index in [4.69, 9.17) is 9.15 Å². The number of benzene rings is 1. The summed E-state index contributed by atoms with van der Waals surface area (Å²) in [4.78, 5) is 4.27. The van der Waals surface area contributed by atoms with E-state index in [-0.39, 0.29) is 0 Å². The van der Waals surface area contributed by atoms with Crippen molar-refractivity contribution in [3.63, 3.8) is 0 Å². The Morgan fingerprint density at radius 3 is 2.88 bits per heavy atom. The summed E-state index contributed by atoms with van der Waals surface area (Å²) in [6, 6.07) is 6.22. The lowest BCUT2D eigenvalue weighted by Gasteiger charge is -2.05. The Kier molecular flexibility index (Phi) is 3.14. The third-order valence-corrected chi connectivity index (χ3v) is 2.65. The van der Waals surface area contributed by atoms with Gasteiger partial charge >= 0.3 is 0 Å². The zero-order chi connectivity index (χ0) is 11.5. The molecule has 2 rings (SSSR count). The number of nitrogens with zero attached hydrogens (tertiary/aromatic N) is 1. The van der Waals surface area contributed by atoms with Gasteiger partial charge in [0.25, 0.3) is 6.01 Å². The summed E-state index contributed by atoms with van der Waals surface area (Å²) in [5.41, 5.74) is 1.63. The minimum atomic E-state index is 0.483. The van der Waals surface area contributed by atoms with Gasteiger partial charge in [-0.2, -0.15) is 4.98 Å². The van der Waals surface area contributed by atoms with Crippen LogP contribution in [0, 0.1) is 0 Å². The Balaban J connectivity index is 2.49. The van der Waals surface area contributed by atoms with E-state index in [1.54, 1.807) is 20.4 Å². The van der Waals surface area contributed by atoms with Crippen molar-refractivity contribution < 1.29 is 9.15 Å². The van der Waals surface area contributed by atoms with E-state index in [1.165, 1.54) is 0 Å². The van der Waals surface area contributed by atoms with Crippen molar-refractivity contribution in [3.05, 3.63) is 28.9 Å². The van der Waals surface area contributed by atoms with Gasteiger partial charge in [0.1, 0.15) is 17.7 Å². The molecule has 16 heavy (non-hydrogen) atoms. The molecule has 0 amide bonds. The quantitative estimate of drug-likeness (QED) is 0.940. The van der Waals surface area contributed by atoms with Crippen LogP contribution >= 0.6 is 15.9 Å². The highest BCUT2D eigenvalue weighted by atomic mass is 79.9. The molecule has 0 fully saturated rings. The Morgan fingerprint density at radius 1 is 1.44 bits per heavy atom. The molecule has 1 aromatic heterocycles. The number of aromatic nitrogens is 1. The number of hydrogen-bond donors (Lipinski definition) is 1. The average Bonchev–Trinajstić information content (AvgIpc) is 2.77. The summed E-state index contributed by atoms with van der Waals surface area (Å²) < 4.78 is 11.5. The Bertz CT molecular complexity index is 496. The standard InChI is InChI=1S/C11H11BrN2O2/c1-13-11-14-9(6-16-11)8-5-7(12)3-4-10(8)15-2/h3-6H,1-2H3,(H,13,14). The van der Waals surface area contributed by atoms with Gasteiger partial charge in [0, 0.05) is 17.1 Å². The Labute approximate surface area is 102 Å². The van der Waals surface area contributed by atoms with Crippen LogP contribution in [0.25, 0.3) is 11.3 Å². The minimum Gasteiger partial charge on any atom is -0.496 e. The lowest BCUT2D eigenvalue weighted by atomic mass is 10.1. The van der Waals surface area contributed by atoms with Gasteiger partial charge in [-0.05, 0) is 18.2 Å². The molecule has 0 spiro atoms. The maximum Gasteiger partial charge on any atom is 0.294 e. The largest absolute Gasteiger partial charge is 0.496 e. The molecule has 0 unspecified atom stereocenters. The Hall–Kier alpha value is -1.49. The third kappa shape index (κ3) is 2.04. The highest BCUT2D eigenvalue weighted by Crippen LogP contribution is 2.32. The van der Waals surface area contributed by atoms with E-state index >= 15 is 0 Å². The first-order valence-electron chi connectivity index (χ1n) is 4.72. The van der Waals surface area contributed by atoms with Gasteiger partial charge in [0.15, 0.2) is 0 Å². The van der Waals surface area contributed by atoms with Crippen LogP contribution in [0.4, 0.5) is 6.01 Å². The summed E-state index contributed by atoms with van der Waals surface area (Å²) in [5, 5.41) is 2.84. The summed E-state index contributed by atoms with van der Waals surface area (Å²) in [6.07, 6.45) is 1.59. The van der Waals surface area contributed by atoms with Crippen LogP contribution in [0.1, 0.15) is 0 Å². The second kappa shape index (κ2) is 4.57. The fraction of sp³-hybridized carbons (Fsp3) is 0.182. The van der Waals surface area contributed by atoms with Crippen LogP contribution in [-0.4, -0.2) is 19.1 Å². The molecule has 5 heteroatoms. The average molecular weight is 283 g/mol. The third-order valence-electron chi connectivity index (χ3n) is 2.16. The van der Waals surface area contributed by atoms with Crippen LogP contribution in [0.5, 0.6) is 5.75 Å². The lowest BCUT2D eigenvalue weighted by Crippen LogP contribution is -1.90. The number of ether oxygens (including phenoxy) is 1. The topological polar surface area (TPSA) is 47.3 Å². The van der Waals surface area contributed by atoms with Gasteiger partial charge in [-0.1, -0.05) is 15.9 Å². The minimum absolute atomic E-state index is 0.483. The van der Waals surface area contributed by atoms with Crippen LogP contribution < -0.4 is 10.1 Å². The number of rotatable bonds is 3. The van der Waals surface area contributed by atoms with Crippen LogP contribution in [-0.2, 0) is 0 Å². The van der Waals surface area contributed by atoms with E-state index in [0.29, 0.717) is 6.01 Å². The molecule has 1 N–H and O–H groups in total. The van der Waals surface area contributed by atoms with Gasteiger partial charge in [0.05, 0.1) is 7.11 Å². The van der Waals surface area contributed by atoms with Gasteiger partial charge in [-0.25, -0.2) is 0 Å². The number of oxazole rings is 1. The molecule has 0 atom stereocenters. The fourth-order valence-electron chi connectivity index (χ4n) is 1.39. The van der Waals surface area contributed by atoms with Gasteiger partial charge < -0.3 is 14.5 Å². The molecule has 0 radical (unpaired) electrons. The predicted molar refractivity (Wildman–Crippen MR) is 65.7 cm³/mol. The monoisotopic (exact) mass is 282 g/mol. The molecular weight excluding hydrogens is 272 g/mol. The highest BCUT2D eigenvalue weighted by molar-refractivity contribution is 9.10. The van der Waals surface area contributed by atoms with Crippen molar-refractivity contribution in [1.82, 2.24) is 4.98 Å². The van der Waals surface area contributed by atoms with Crippen molar-refractivity contribution in [2.24, 2.45) is 0 Å². The lowest BCUT2D eigenvalue weighted by molar-refractivity contribution is 0.416. The van der Waals surface area contributed by atoms with E-state index in [1.807, 2.05) is 18.2 Å². The molecule has 0 aliphatic rings. The summed E-state index contributed by atoms with van der Waals surface area (Å²) in [6.45, 7) is 0. The second-order valence-electron chi connectivity index (χ2n) is 3.13. The maximum absolute atomic E-state index is 5.27. The first kappa shape index (κ1) is 11.0. The molecular formula is C11H11BrN2O2. The molecule has 0 aliphatic heterocycles. The molecule has 1 heterocycles. The van der Waals surface area contributed by atoms with E-state index in [9.17, 15) is 0 Å². The van der Waals surface area contributed by atoms with E-state index < -0.39 is 0 Å². The van der Waals surface area contributed by atoms with Crippen molar-refractivity contribution in [2.75, 3.05) is 19.5 Å². The van der Waals surface area contributed by atoms with Gasteiger partial charge in [-0.15, -0.1) is 0 Å². The molecule has 0 saturated carbocycles. The highest BCUT2D eigenvalue weighted by Gasteiger charge is 2.11. The number of hydrogen-bond acceptors (Lipinski definition) is 4. The molecule has 0 aliphatic carbocycles. The summed E-state index contributed by atoms with van der Waals surface area (Å²) in [7, 11) is 3.39. The fourth-order valence-corrected chi connectivity index (χ4v) is 1.75. The first-order valence-corrected chi connectivity index (χ1v) is 5.51. The Morgan fingerprint density at radius 2 is 2.25 bits per heavy atom. The van der Waals surface area contributed by atoms with Crippen molar-refractivity contribution in [1.29, 1.82) is 0 Å². The van der Waals surface area contributed by atoms with Crippen molar-refractivity contribution in [3.8, 4) is 17.0 Å². The smallest absolute Gasteiger partial charge is 0.294 e. The number of anilines is 1. The summed E-state index contributed by atoms with van der Waals surface area (Å²) in [5.74, 6) is 0.763. The molecule has 2 aromatic rings. The molecule has 84 valence electrons. The van der Waals surface area contributed by atoms with Crippen molar-refractivity contribution >= 4 is 21.9 Å². The molecule has 1 aromatic carbocycles. The van der Waals surface area contributed by atoms with Crippen molar-refractivity contribution in [2.45, 2.75) is 0 Å². The van der Waals surface area contributed by atoms with E-state index in [0.717, 1.165) is 21.5 Å².